The standard InChI is InChI=1S/C14H24N2O4/c1-8(2)14(12(15)19,13(3,4)5)16-9(7-10(16)17)11(18)20-6/h8-9H,7H2,1-6H3,(H2,15,19). The Morgan fingerprint density at radius 3 is 2.10 bits per heavy atom. The molecule has 0 aromatic carbocycles. The van der Waals surface area contributed by atoms with Crippen molar-refractivity contribution in [3.63, 3.8) is 0 Å². The number of rotatable bonds is 4. The first kappa shape index (κ1) is 16.5. The highest BCUT2D eigenvalue weighted by Crippen LogP contribution is 2.46. The molecule has 0 aromatic rings. The Bertz CT molecular complexity index is 439. The van der Waals surface area contributed by atoms with Crippen molar-refractivity contribution < 1.29 is 19.1 Å². The van der Waals surface area contributed by atoms with Gasteiger partial charge in [-0.3, -0.25) is 9.59 Å². The van der Waals surface area contributed by atoms with Crippen LogP contribution >= 0.6 is 0 Å². The largest absolute Gasteiger partial charge is 0.467 e. The third kappa shape index (κ3) is 2.07. The number of ether oxygens (including phenoxy) is 1. The van der Waals surface area contributed by atoms with Gasteiger partial charge in [0.1, 0.15) is 11.6 Å². The van der Waals surface area contributed by atoms with E-state index in [1.807, 2.05) is 34.6 Å². The Hall–Kier alpha value is -1.59. The van der Waals surface area contributed by atoms with Gasteiger partial charge in [0, 0.05) is 0 Å². The van der Waals surface area contributed by atoms with Crippen molar-refractivity contribution >= 4 is 17.8 Å². The first-order chi connectivity index (χ1) is 9.01. The van der Waals surface area contributed by atoms with E-state index in [0.29, 0.717) is 0 Å². The minimum absolute atomic E-state index is 0.0600. The molecule has 1 saturated heterocycles. The zero-order valence-corrected chi connectivity index (χ0v) is 13.0. The average molecular weight is 284 g/mol. The molecule has 0 radical (unpaired) electrons. The van der Waals surface area contributed by atoms with E-state index in [4.69, 9.17) is 10.5 Å². The second-order valence-corrected chi connectivity index (χ2v) is 6.54. The van der Waals surface area contributed by atoms with E-state index in [0.717, 1.165) is 0 Å². The molecule has 1 aliphatic heterocycles. The van der Waals surface area contributed by atoms with Crippen molar-refractivity contribution in [2.45, 2.75) is 52.6 Å². The van der Waals surface area contributed by atoms with Gasteiger partial charge < -0.3 is 15.4 Å². The van der Waals surface area contributed by atoms with Crippen LogP contribution in [0.15, 0.2) is 0 Å². The van der Waals surface area contributed by atoms with E-state index >= 15 is 0 Å². The van der Waals surface area contributed by atoms with Gasteiger partial charge in [-0.15, -0.1) is 0 Å². The summed E-state index contributed by atoms with van der Waals surface area (Å²) >= 11 is 0. The van der Waals surface area contributed by atoms with Gasteiger partial charge in [-0.05, 0) is 11.3 Å². The van der Waals surface area contributed by atoms with Crippen LogP contribution in [0.25, 0.3) is 0 Å². The number of nitrogens with zero attached hydrogens (tertiary/aromatic N) is 1. The predicted octanol–water partition coefficient (Wildman–Crippen LogP) is 0.686. The van der Waals surface area contributed by atoms with Crippen molar-refractivity contribution in [3.8, 4) is 0 Å². The second-order valence-electron chi connectivity index (χ2n) is 6.54. The molecule has 0 spiro atoms. The zero-order valence-electron chi connectivity index (χ0n) is 13.0. The lowest BCUT2D eigenvalue weighted by molar-refractivity contribution is -0.188. The molecular weight excluding hydrogens is 260 g/mol. The monoisotopic (exact) mass is 284 g/mol. The van der Waals surface area contributed by atoms with Crippen LogP contribution in [0.4, 0.5) is 0 Å². The summed E-state index contributed by atoms with van der Waals surface area (Å²) in [6.07, 6.45) is 0.0600. The Kier molecular flexibility index (Phi) is 4.17. The van der Waals surface area contributed by atoms with Crippen LogP contribution in [-0.2, 0) is 19.1 Å². The van der Waals surface area contributed by atoms with E-state index < -0.39 is 28.9 Å². The Labute approximate surface area is 119 Å². The molecule has 0 aliphatic carbocycles. The van der Waals surface area contributed by atoms with Crippen LogP contribution in [0.1, 0.15) is 41.0 Å². The quantitative estimate of drug-likeness (QED) is 0.607. The maximum absolute atomic E-state index is 12.2. The maximum Gasteiger partial charge on any atom is 0.329 e. The topological polar surface area (TPSA) is 89.7 Å². The summed E-state index contributed by atoms with van der Waals surface area (Å²) in [6, 6.07) is -0.735. The molecule has 0 aromatic heterocycles. The lowest BCUT2D eigenvalue weighted by Crippen LogP contribution is -2.76. The van der Waals surface area contributed by atoms with Gasteiger partial charge in [0.05, 0.1) is 13.5 Å². The summed E-state index contributed by atoms with van der Waals surface area (Å²) in [5, 5.41) is 0. The molecule has 1 aliphatic rings. The highest BCUT2D eigenvalue weighted by atomic mass is 16.5. The van der Waals surface area contributed by atoms with Crippen molar-refractivity contribution in [1.82, 2.24) is 4.90 Å². The van der Waals surface area contributed by atoms with Crippen molar-refractivity contribution in [2.24, 2.45) is 17.1 Å². The second kappa shape index (κ2) is 5.07. The third-order valence-electron chi connectivity index (χ3n) is 4.16. The number of esters is 1. The number of carbonyl (C=O) groups is 3. The summed E-state index contributed by atoms with van der Waals surface area (Å²) in [4.78, 5) is 37.4. The predicted molar refractivity (Wildman–Crippen MR) is 73.5 cm³/mol. The molecule has 1 fully saturated rings. The average Bonchev–Trinajstić information content (AvgIpc) is 2.28. The molecule has 114 valence electrons. The van der Waals surface area contributed by atoms with Gasteiger partial charge in [-0.1, -0.05) is 34.6 Å². The van der Waals surface area contributed by atoms with Crippen LogP contribution in [0.5, 0.6) is 0 Å². The van der Waals surface area contributed by atoms with E-state index in [2.05, 4.69) is 0 Å². The lowest BCUT2D eigenvalue weighted by atomic mass is 9.63. The molecule has 0 saturated carbocycles. The Morgan fingerprint density at radius 2 is 1.85 bits per heavy atom. The minimum Gasteiger partial charge on any atom is -0.467 e. The van der Waals surface area contributed by atoms with Crippen LogP contribution in [0.2, 0.25) is 0 Å². The van der Waals surface area contributed by atoms with Gasteiger partial charge >= 0.3 is 5.97 Å². The molecule has 6 nitrogen and oxygen atoms in total. The number of likely N-dealkylation sites (tertiary alicyclic amines) is 1. The van der Waals surface area contributed by atoms with Gasteiger partial charge in [0.15, 0.2) is 0 Å². The summed E-state index contributed by atoms with van der Waals surface area (Å²) in [5.41, 5.74) is 3.83. The first-order valence-electron chi connectivity index (χ1n) is 6.71. The third-order valence-corrected chi connectivity index (χ3v) is 4.16. The Morgan fingerprint density at radius 1 is 1.35 bits per heavy atom. The van der Waals surface area contributed by atoms with Crippen LogP contribution in [0.3, 0.4) is 0 Å². The number of carbonyl (C=O) groups excluding carboxylic acids is 3. The molecule has 6 heteroatoms. The van der Waals surface area contributed by atoms with E-state index in [-0.39, 0.29) is 18.2 Å². The normalized spacial score (nSPS) is 22.2. The molecule has 2 amide bonds. The highest BCUT2D eigenvalue weighted by Gasteiger charge is 2.62. The lowest BCUT2D eigenvalue weighted by Gasteiger charge is -2.58. The number of β-lactam (4-membered cyclic amide) rings is 1. The fourth-order valence-corrected chi connectivity index (χ4v) is 3.46. The van der Waals surface area contributed by atoms with Gasteiger partial charge in [0.2, 0.25) is 11.8 Å². The zero-order chi connectivity index (χ0) is 15.9. The number of amides is 2. The highest BCUT2D eigenvalue weighted by molar-refractivity contribution is 6.00. The number of hydrogen-bond donors (Lipinski definition) is 1. The number of primary amides is 1. The maximum atomic E-state index is 12.2. The fraction of sp³-hybridized carbons (Fsp3) is 0.786. The van der Waals surface area contributed by atoms with Gasteiger partial charge in [-0.2, -0.15) is 0 Å². The molecule has 2 atom stereocenters. The summed E-state index contributed by atoms with van der Waals surface area (Å²) in [7, 11) is 1.27. The molecule has 0 bridgehead atoms. The summed E-state index contributed by atoms with van der Waals surface area (Å²) in [6.45, 7) is 9.19. The molecular formula is C14H24N2O4. The molecule has 2 N–H and O–H groups in total. The fourth-order valence-electron chi connectivity index (χ4n) is 3.46. The Balaban J connectivity index is 3.41. The van der Waals surface area contributed by atoms with Crippen LogP contribution in [-0.4, -0.2) is 41.4 Å². The van der Waals surface area contributed by atoms with E-state index in [1.54, 1.807) is 0 Å². The smallest absolute Gasteiger partial charge is 0.329 e. The van der Waals surface area contributed by atoms with E-state index in [9.17, 15) is 14.4 Å². The molecule has 1 heterocycles. The number of nitrogens with two attached hydrogens (primary N) is 1. The minimum atomic E-state index is -1.22. The number of hydrogen-bond acceptors (Lipinski definition) is 4. The molecule has 20 heavy (non-hydrogen) atoms. The molecule has 1 rings (SSSR count). The van der Waals surface area contributed by atoms with E-state index in [1.165, 1.54) is 12.0 Å². The number of methoxy groups -OCH3 is 1. The molecule has 2 unspecified atom stereocenters. The summed E-state index contributed by atoms with van der Waals surface area (Å²) in [5.74, 6) is -1.58. The van der Waals surface area contributed by atoms with Crippen LogP contribution in [0, 0.1) is 11.3 Å². The van der Waals surface area contributed by atoms with Crippen LogP contribution < -0.4 is 5.73 Å². The van der Waals surface area contributed by atoms with Gasteiger partial charge in [-0.25, -0.2) is 4.79 Å². The van der Waals surface area contributed by atoms with Crippen molar-refractivity contribution in [2.75, 3.05) is 7.11 Å². The van der Waals surface area contributed by atoms with Gasteiger partial charge in [0.25, 0.3) is 0 Å². The SMILES string of the molecule is COC(=O)C1CC(=O)N1C(C(N)=O)(C(C)C)C(C)(C)C. The van der Waals surface area contributed by atoms with Crippen molar-refractivity contribution in [3.05, 3.63) is 0 Å². The summed E-state index contributed by atoms with van der Waals surface area (Å²) < 4.78 is 4.72. The first-order valence-corrected chi connectivity index (χ1v) is 6.71. The van der Waals surface area contributed by atoms with Crippen molar-refractivity contribution in [1.29, 1.82) is 0 Å².